The van der Waals surface area contributed by atoms with Gasteiger partial charge in [-0.2, -0.15) is 0 Å². The fourth-order valence-corrected chi connectivity index (χ4v) is 3.06. The van der Waals surface area contributed by atoms with E-state index in [1.807, 2.05) is 19.9 Å². The van der Waals surface area contributed by atoms with Gasteiger partial charge in [-0.25, -0.2) is 0 Å². The van der Waals surface area contributed by atoms with Crippen molar-refractivity contribution in [3.8, 4) is 11.5 Å². The largest absolute Gasteiger partial charge is 0.490 e. The van der Waals surface area contributed by atoms with Crippen molar-refractivity contribution >= 4 is 0 Å². The lowest BCUT2D eigenvalue weighted by Gasteiger charge is -2.20. The lowest BCUT2D eigenvalue weighted by molar-refractivity contribution is 0.287. The van der Waals surface area contributed by atoms with Crippen LogP contribution in [0.15, 0.2) is 18.2 Å². The Kier molecular flexibility index (Phi) is 5.08. The van der Waals surface area contributed by atoms with Crippen molar-refractivity contribution in [2.45, 2.75) is 39.0 Å². The number of benzene rings is 1. The second kappa shape index (κ2) is 6.80. The summed E-state index contributed by atoms with van der Waals surface area (Å²) in [5, 5.41) is 0. The van der Waals surface area contributed by atoms with Crippen LogP contribution in [0.25, 0.3) is 0 Å². The van der Waals surface area contributed by atoms with E-state index in [1.165, 1.54) is 24.8 Å². The summed E-state index contributed by atoms with van der Waals surface area (Å²) in [4.78, 5) is 0. The van der Waals surface area contributed by atoms with E-state index in [2.05, 4.69) is 12.1 Å². The van der Waals surface area contributed by atoms with Crippen molar-refractivity contribution in [3.05, 3.63) is 23.8 Å². The molecule has 0 spiro atoms. The molecule has 2 unspecified atom stereocenters. The number of hydrogen-bond acceptors (Lipinski definition) is 3. The fraction of sp³-hybridized carbons (Fsp3) is 0.625. The summed E-state index contributed by atoms with van der Waals surface area (Å²) in [6.45, 7) is 6.09. The molecule has 1 aliphatic rings. The number of rotatable bonds is 6. The van der Waals surface area contributed by atoms with Gasteiger partial charge in [-0.3, -0.25) is 0 Å². The summed E-state index contributed by atoms with van der Waals surface area (Å²) in [5.41, 5.74) is 7.23. The summed E-state index contributed by atoms with van der Waals surface area (Å²) in [6, 6.07) is 6.36. The highest BCUT2D eigenvalue weighted by molar-refractivity contribution is 5.44. The third kappa shape index (κ3) is 3.21. The molecule has 0 amide bonds. The van der Waals surface area contributed by atoms with E-state index in [0.29, 0.717) is 25.0 Å². The van der Waals surface area contributed by atoms with E-state index in [4.69, 9.17) is 15.2 Å². The van der Waals surface area contributed by atoms with Crippen molar-refractivity contribution in [1.82, 2.24) is 0 Å². The van der Waals surface area contributed by atoms with Crippen LogP contribution >= 0.6 is 0 Å². The zero-order valence-corrected chi connectivity index (χ0v) is 12.0. The monoisotopic (exact) mass is 263 g/mol. The maximum atomic E-state index is 5.88. The fourth-order valence-electron chi connectivity index (χ4n) is 3.06. The minimum atomic E-state index is 0.583. The Bertz CT molecular complexity index is 406. The summed E-state index contributed by atoms with van der Waals surface area (Å²) < 4.78 is 11.3. The molecule has 0 bridgehead atoms. The quantitative estimate of drug-likeness (QED) is 0.856. The van der Waals surface area contributed by atoms with E-state index < -0.39 is 0 Å². The molecule has 106 valence electrons. The first-order chi connectivity index (χ1) is 9.30. The molecule has 0 heterocycles. The molecule has 1 fully saturated rings. The molecule has 1 aromatic carbocycles. The molecule has 2 rings (SSSR count). The first kappa shape index (κ1) is 14.2. The molecule has 0 aromatic heterocycles. The normalized spacial score (nSPS) is 22.5. The van der Waals surface area contributed by atoms with E-state index >= 15 is 0 Å². The molecule has 3 nitrogen and oxygen atoms in total. The summed E-state index contributed by atoms with van der Waals surface area (Å²) in [6.07, 6.45) is 3.77. The lowest BCUT2D eigenvalue weighted by Crippen LogP contribution is -2.17. The molecule has 0 saturated heterocycles. The molecule has 2 N–H and O–H groups in total. The summed E-state index contributed by atoms with van der Waals surface area (Å²) >= 11 is 0. The van der Waals surface area contributed by atoms with Crippen LogP contribution in [0.1, 0.15) is 44.6 Å². The first-order valence-electron chi connectivity index (χ1n) is 7.39. The second-order valence-electron chi connectivity index (χ2n) is 5.11. The Hall–Kier alpha value is -1.22. The maximum absolute atomic E-state index is 5.88. The molecule has 1 aliphatic carbocycles. The first-order valence-corrected chi connectivity index (χ1v) is 7.39. The molecule has 0 radical (unpaired) electrons. The van der Waals surface area contributed by atoms with E-state index in [9.17, 15) is 0 Å². The van der Waals surface area contributed by atoms with Gasteiger partial charge in [0.1, 0.15) is 0 Å². The average Bonchev–Trinajstić information content (AvgIpc) is 2.89. The molecule has 2 atom stereocenters. The maximum Gasteiger partial charge on any atom is 0.161 e. The molecular weight excluding hydrogens is 238 g/mol. The number of hydrogen-bond donors (Lipinski definition) is 1. The standard InChI is InChI=1S/C16H25NO2/c1-3-18-15-9-8-12(10-16(15)19-4-2)14-7-5-6-13(14)11-17/h8-10,13-14H,3-7,11,17H2,1-2H3. The molecule has 0 aliphatic heterocycles. The molecular formula is C16H25NO2. The van der Waals surface area contributed by atoms with Gasteiger partial charge in [0.15, 0.2) is 11.5 Å². The van der Waals surface area contributed by atoms with Crippen molar-refractivity contribution < 1.29 is 9.47 Å². The zero-order chi connectivity index (χ0) is 13.7. The molecule has 19 heavy (non-hydrogen) atoms. The number of nitrogens with two attached hydrogens (primary N) is 1. The Morgan fingerprint density at radius 3 is 2.53 bits per heavy atom. The van der Waals surface area contributed by atoms with Gasteiger partial charge in [-0.1, -0.05) is 12.5 Å². The van der Waals surface area contributed by atoms with Gasteiger partial charge < -0.3 is 15.2 Å². The van der Waals surface area contributed by atoms with Gasteiger partial charge in [-0.15, -0.1) is 0 Å². The summed E-state index contributed by atoms with van der Waals surface area (Å²) in [7, 11) is 0. The van der Waals surface area contributed by atoms with Gasteiger partial charge in [0.05, 0.1) is 13.2 Å². The van der Waals surface area contributed by atoms with Crippen LogP contribution in [0, 0.1) is 5.92 Å². The minimum Gasteiger partial charge on any atom is -0.490 e. The molecule has 3 heteroatoms. The van der Waals surface area contributed by atoms with Gasteiger partial charge >= 0.3 is 0 Å². The van der Waals surface area contributed by atoms with Crippen LogP contribution in [0.2, 0.25) is 0 Å². The Balaban J connectivity index is 2.24. The van der Waals surface area contributed by atoms with Crippen LogP contribution in [0.3, 0.4) is 0 Å². The van der Waals surface area contributed by atoms with Crippen molar-refractivity contribution in [2.24, 2.45) is 11.7 Å². The predicted octanol–water partition coefficient (Wildman–Crippen LogP) is 3.33. The van der Waals surface area contributed by atoms with E-state index in [0.717, 1.165) is 18.0 Å². The molecule has 1 saturated carbocycles. The second-order valence-corrected chi connectivity index (χ2v) is 5.11. The smallest absolute Gasteiger partial charge is 0.161 e. The van der Waals surface area contributed by atoms with Gasteiger partial charge in [0, 0.05) is 0 Å². The summed E-state index contributed by atoms with van der Waals surface area (Å²) in [5.74, 6) is 2.91. The van der Waals surface area contributed by atoms with Crippen LogP contribution in [0.4, 0.5) is 0 Å². The Morgan fingerprint density at radius 2 is 1.84 bits per heavy atom. The van der Waals surface area contributed by atoms with Gasteiger partial charge in [0.2, 0.25) is 0 Å². The Morgan fingerprint density at radius 1 is 1.11 bits per heavy atom. The van der Waals surface area contributed by atoms with Gasteiger partial charge in [-0.05, 0) is 62.8 Å². The van der Waals surface area contributed by atoms with Crippen LogP contribution < -0.4 is 15.2 Å². The topological polar surface area (TPSA) is 44.5 Å². The SMILES string of the molecule is CCOc1ccc(C2CCCC2CN)cc1OCC. The van der Waals surface area contributed by atoms with Crippen molar-refractivity contribution in [3.63, 3.8) is 0 Å². The van der Waals surface area contributed by atoms with Crippen LogP contribution in [-0.4, -0.2) is 19.8 Å². The third-order valence-electron chi connectivity index (χ3n) is 3.96. The van der Waals surface area contributed by atoms with Crippen molar-refractivity contribution in [1.29, 1.82) is 0 Å². The molecule has 1 aromatic rings. The average molecular weight is 263 g/mol. The van der Waals surface area contributed by atoms with E-state index in [1.54, 1.807) is 0 Å². The van der Waals surface area contributed by atoms with Gasteiger partial charge in [0.25, 0.3) is 0 Å². The number of ether oxygens (including phenoxy) is 2. The minimum absolute atomic E-state index is 0.583. The highest BCUT2D eigenvalue weighted by Crippen LogP contribution is 2.41. The third-order valence-corrected chi connectivity index (χ3v) is 3.96. The van der Waals surface area contributed by atoms with Crippen LogP contribution in [0.5, 0.6) is 11.5 Å². The van der Waals surface area contributed by atoms with Crippen molar-refractivity contribution in [2.75, 3.05) is 19.8 Å². The highest BCUT2D eigenvalue weighted by Gasteiger charge is 2.28. The highest BCUT2D eigenvalue weighted by atomic mass is 16.5. The predicted molar refractivity (Wildman–Crippen MR) is 77.9 cm³/mol. The van der Waals surface area contributed by atoms with Crippen LogP contribution in [-0.2, 0) is 0 Å². The lowest BCUT2D eigenvalue weighted by atomic mass is 9.89. The Labute approximate surface area is 116 Å². The van der Waals surface area contributed by atoms with E-state index in [-0.39, 0.29) is 0 Å². The zero-order valence-electron chi connectivity index (χ0n) is 12.0.